The molecule has 1 heterocycles. The largest absolute Gasteiger partial charge is 0.380 e. The summed E-state index contributed by atoms with van der Waals surface area (Å²) in [5, 5.41) is 7.99. The van der Waals surface area contributed by atoms with Gasteiger partial charge in [0.25, 0.3) is 0 Å². The third kappa shape index (κ3) is 3.96. The Kier molecular flexibility index (Phi) is 5.13. The van der Waals surface area contributed by atoms with Crippen LogP contribution >= 0.6 is 0 Å². The van der Waals surface area contributed by atoms with E-state index in [1.54, 1.807) is 18.2 Å². The van der Waals surface area contributed by atoms with E-state index >= 15 is 0 Å². The van der Waals surface area contributed by atoms with Gasteiger partial charge in [-0.15, -0.1) is 0 Å². The van der Waals surface area contributed by atoms with Crippen LogP contribution in [0.15, 0.2) is 65.7 Å². The van der Waals surface area contributed by atoms with E-state index in [9.17, 15) is 8.42 Å². The maximum Gasteiger partial charge on any atom is 0.177 e. The molecule has 3 aromatic rings. The van der Waals surface area contributed by atoms with Crippen molar-refractivity contribution in [2.24, 2.45) is 0 Å². The summed E-state index contributed by atoms with van der Waals surface area (Å²) in [4.78, 5) is 0.307. The van der Waals surface area contributed by atoms with Gasteiger partial charge < -0.3 is 5.32 Å². The molecule has 0 unspecified atom stereocenters. The van der Waals surface area contributed by atoms with Crippen LogP contribution in [0.5, 0.6) is 0 Å². The number of benzene rings is 2. The zero-order valence-corrected chi connectivity index (χ0v) is 16.0. The number of aromatic nitrogens is 2. The molecule has 0 amide bonds. The van der Waals surface area contributed by atoms with Crippen molar-refractivity contribution in [3.63, 3.8) is 0 Å². The van der Waals surface area contributed by atoms with E-state index in [0.29, 0.717) is 17.1 Å². The second kappa shape index (κ2) is 7.33. The average molecular weight is 369 g/mol. The van der Waals surface area contributed by atoms with Gasteiger partial charge in [-0.3, -0.25) is 0 Å². The number of anilines is 1. The minimum atomic E-state index is -3.29. The van der Waals surface area contributed by atoms with Gasteiger partial charge in [-0.05, 0) is 30.2 Å². The first-order chi connectivity index (χ1) is 12.4. The monoisotopic (exact) mass is 369 g/mol. The molecule has 26 heavy (non-hydrogen) atoms. The molecule has 1 aromatic heterocycles. The van der Waals surface area contributed by atoms with Gasteiger partial charge in [0, 0.05) is 24.6 Å². The number of nitrogens with zero attached hydrogens (tertiary/aromatic N) is 2. The number of sulfone groups is 1. The van der Waals surface area contributed by atoms with Gasteiger partial charge >= 0.3 is 0 Å². The van der Waals surface area contributed by atoms with Gasteiger partial charge in [0.05, 0.1) is 22.0 Å². The summed E-state index contributed by atoms with van der Waals surface area (Å²) in [5.41, 5.74) is 3.65. The van der Waals surface area contributed by atoms with Crippen molar-refractivity contribution in [3.05, 3.63) is 72.1 Å². The van der Waals surface area contributed by atoms with Crippen LogP contribution in [0.25, 0.3) is 5.69 Å². The Balaban J connectivity index is 1.90. The molecule has 2 aromatic carbocycles. The van der Waals surface area contributed by atoms with Crippen LogP contribution in [0.4, 0.5) is 5.69 Å². The Labute approximate surface area is 154 Å². The summed E-state index contributed by atoms with van der Waals surface area (Å²) >= 11 is 0. The summed E-state index contributed by atoms with van der Waals surface area (Å²) in [6, 6.07) is 16.9. The minimum absolute atomic E-state index is 0.266. The second-order valence-electron chi connectivity index (χ2n) is 6.60. The molecule has 0 saturated heterocycles. The molecule has 0 saturated carbocycles. The van der Waals surface area contributed by atoms with Crippen LogP contribution in [0.2, 0.25) is 0 Å². The topological polar surface area (TPSA) is 64.0 Å². The van der Waals surface area contributed by atoms with E-state index in [4.69, 9.17) is 5.10 Å². The summed E-state index contributed by atoms with van der Waals surface area (Å²) < 4.78 is 25.8. The molecule has 0 aliphatic rings. The summed E-state index contributed by atoms with van der Waals surface area (Å²) in [6.07, 6.45) is 3.22. The fourth-order valence-corrected chi connectivity index (χ4v) is 3.75. The number of hydrogen-bond acceptors (Lipinski definition) is 4. The standard InChI is InChI=1S/C20H23N3O2S/c1-15(2)20-16(14-23(22-20)17-9-5-4-6-10-17)13-21-18-11-7-8-12-19(18)26(3,24)25/h4-12,14-15,21H,13H2,1-3H3. The molecule has 0 aliphatic heterocycles. The van der Waals surface area contributed by atoms with Crippen molar-refractivity contribution in [2.45, 2.75) is 31.2 Å². The zero-order valence-electron chi connectivity index (χ0n) is 15.2. The quantitative estimate of drug-likeness (QED) is 0.713. The number of rotatable bonds is 6. The summed E-state index contributed by atoms with van der Waals surface area (Å²) in [7, 11) is -3.29. The molecular formula is C20H23N3O2S. The van der Waals surface area contributed by atoms with E-state index in [-0.39, 0.29) is 5.92 Å². The van der Waals surface area contributed by atoms with E-state index < -0.39 is 9.84 Å². The predicted molar refractivity (Wildman–Crippen MR) is 105 cm³/mol. The van der Waals surface area contributed by atoms with Crippen LogP contribution in [-0.4, -0.2) is 24.5 Å². The lowest BCUT2D eigenvalue weighted by Gasteiger charge is -2.11. The molecular weight excluding hydrogens is 346 g/mol. The lowest BCUT2D eigenvalue weighted by atomic mass is 10.1. The van der Waals surface area contributed by atoms with Gasteiger partial charge in [0.1, 0.15) is 0 Å². The van der Waals surface area contributed by atoms with Gasteiger partial charge in [0.2, 0.25) is 0 Å². The smallest absolute Gasteiger partial charge is 0.177 e. The van der Waals surface area contributed by atoms with Crippen LogP contribution < -0.4 is 5.32 Å². The van der Waals surface area contributed by atoms with Crippen molar-refractivity contribution in [2.75, 3.05) is 11.6 Å². The fourth-order valence-electron chi connectivity index (χ4n) is 2.88. The van der Waals surface area contributed by atoms with Crippen LogP contribution in [0.1, 0.15) is 31.0 Å². The summed E-state index contributed by atoms with van der Waals surface area (Å²) in [6.45, 7) is 4.71. The van der Waals surface area contributed by atoms with Gasteiger partial charge in [0.15, 0.2) is 9.84 Å². The number of nitrogens with one attached hydrogen (secondary N) is 1. The van der Waals surface area contributed by atoms with E-state index in [0.717, 1.165) is 16.9 Å². The third-order valence-electron chi connectivity index (χ3n) is 4.15. The Bertz CT molecular complexity index is 993. The Morgan fingerprint density at radius 1 is 1.04 bits per heavy atom. The maximum atomic E-state index is 12.0. The number of para-hydroxylation sites is 2. The first kappa shape index (κ1) is 18.2. The third-order valence-corrected chi connectivity index (χ3v) is 5.30. The maximum absolute atomic E-state index is 12.0. The molecule has 0 bridgehead atoms. The highest BCUT2D eigenvalue weighted by Gasteiger charge is 2.16. The van der Waals surface area contributed by atoms with Gasteiger partial charge in [-0.25, -0.2) is 13.1 Å². The Morgan fingerprint density at radius 2 is 1.69 bits per heavy atom. The normalized spacial score (nSPS) is 11.7. The molecule has 0 atom stereocenters. The molecule has 6 heteroatoms. The van der Waals surface area contributed by atoms with E-state index in [2.05, 4.69) is 19.2 Å². The molecule has 0 radical (unpaired) electrons. The highest BCUT2D eigenvalue weighted by molar-refractivity contribution is 7.90. The molecule has 136 valence electrons. The summed E-state index contributed by atoms with van der Waals surface area (Å²) in [5.74, 6) is 0.266. The lowest BCUT2D eigenvalue weighted by molar-refractivity contribution is 0.602. The van der Waals surface area contributed by atoms with Crippen molar-refractivity contribution in [1.82, 2.24) is 9.78 Å². The molecule has 3 rings (SSSR count). The average Bonchev–Trinajstić information content (AvgIpc) is 3.05. The zero-order chi connectivity index (χ0) is 18.7. The Morgan fingerprint density at radius 3 is 2.35 bits per heavy atom. The fraction of sp³-hybridized carbons (Fsp3) is 0.250. The van der Waals surface area contributed by atoms with E-state index in [1.165, 1.54) is 6.26 Å². The van der Waals surface area contributed by atoms with Crippen molar-refractivity contribution < 1.29 is 8.42 Å². The molecule has 1 N–H and O–H groups in total. The van der Waals surface area contributed by atoms with Crippen molar-refractivity contribution in [3.8, 4) is 5.69 Å². The SMILES string of the molecule is CC(C)c1nn(-c2ccccc2)cc1CNc1ccccc1S(C)(=O)=O. The molecule has 0 aliphatic carbocycles. The minimum Gasteiger partial charge on any atom is -0.380 e. The first-order valence-corrected chi connectivity index (χ1v) is 10.4. The van der Waals surface area contributed by atoms with Crippen molar-refractivity contribution >= 4 is 15.5 Å². The first-order valence-electron chi connectivity index (χ1n) is 8.53. The highest BCUT2D eigenvalue weighted by atomic mass is 32.2. The van der Waals surface area contributed by atoms with E-state index in [1.807, 2.05) is 47.3 Å². The predicted octanol–water partition coefficient (Wildman–Crippen LogP) is 4.01. The lowest BCUT2D eigenvalue weighted by Crippen LogP contribution is -2.07. The Hall–Kier alpha value is -2.60. The molecule has 0 spiro atoms. The van der Waals surface area contributed by atoms with Crippen LogP contribution in [0, 0.1) is 0 Å². The van der Waals surface area contributed by atoms with Crippen LogP contribution in [0.3, 0.4) is 0 Å². The molecule has 5 nitrogen and oxygen atoms in total. The van der Waals surface area contributed by atoms with Crippen LogP contribution in [-0.2, 0) is 16.4 Å². The number of hydrogen-bond donors (Lipinski definition) is 1. The van der Waals surface area contributed by atoms with Gasteiger partial charge in [-0.2, -0.15) is 5.10 Å². The van der Waals surface area contributed by atoms with Crippen molar-refractivity contribution in [1.29, 1.82) is 0 Å². The highest BCUT2D eigenvalue weighted by Crippen LogP contribution is 2.24. The second-order valence-corrected chi connectivity index (χ2v) is 8.58. The molecule has 0 fully saturated rings. The van der Waals surface area contributed by atoms with Gasteiger partial charge in [-0.1, -0.05) is 44.2 Å².